The van der Waals surface area contributed by atoms with Crippen molar-refractivity contribution >= 4 is 11.6 Å². The number of nitrogens with two attached hydrogens (primary N) is 1. The Hall–Kier alpha value is -0.540. The molecular formula is C15H26ClN3. The average Bonchev–Trinajstić information content (AvgIpc) is 2.61. The van der Waals surface area contributed by atoms with Crippen molar-refractivity contribution in [2.45, 2.75) is 58.4 Å². The van der Waals surface area contributed by atoms with Gasteiger partial charge in [0.25, 0.3) is 0 Å². The van der Waals surface area contributed by atoms with Crippen LogP contribution in [0.2, 0.25) is 5.02 Å². The largest absolute Gasteiger partial charge is 0.324 e. The fourth-order valence-electron chi connectivity index (χ4n) is 3.34. The number of hydrogen-bond donors (Lipinski definition) is 1. The molecule has 1 aliphatic carbocycles. The number of hydrogen-bond acceptors (Lipinski definition) is 2. The molecule has 1 heterocycles. The zero-order valence-corrected chi connectivity index (χ0v) is 13.3. The van der Waals surface area contributed by atoms with Gasteiger partial charge in [0.1, 0.15) is 0 Å². The first-order chi connectivity index (χ1) is 8.87. The first kappa shape index (κ1) is 14.9. The maximum atomic E-state index is 6.71. The van der Waals surface area contributed by atoms with Crippen LogP contribution < -0.4 is 5.73 Å². The Bertz CT molecular complexity index is 454. The van der Waals surface area contributed by atoms with Gasteiger partial charge in [0.05, 0.1) is 16.4 Å². The average molecular weight is 284 g/mol. The second-order valence-electron chi connectivity index (χ2n) is 6.38. The van der Waals surface area contributed by atoms with Crippen LogP contribution in [-0.4, -0.2) is 15.3 Å². The van der Waals surface area contributed by atoms with Gasteiger partial charge in [0, 0.05) is 19.0 Å². The van der Waals surface area contributed by atoms with Gasteiger partial charge in [-0.05, 0) is 31.1 Å². The van der Waals surface area contributed by atoms with Crippen LogP contribution in [-0.2, 0) is 19.9 Å². The molecule has 2 rings (SSSR count). The quantitative estimate of drug-likeness (QED) is 0.925. The van der Waals surface area contributed by atoms with Gasteiger partial charge in [-0.1, -0.05) is 38.8 Å². The highest BCUT2D eigenvalue weighted by Gasteiger charge is 2.38. The van der Waals surface area contributed by atoms with Crippen molar-refractivity contribution in [2.75, 3.05) is 0 Å². The van der Waals surface area contributed by atoms with Crippen LogP contribution in [0.25, 0.3) is 0 Å². The normalized spacial score (nSPS) is 31.7. The fourth-order valence-corrected chi connectivity index (χ4v) is 3.70. The summed E-state index contributed by atoms with van der Waals surface area (Å²) < 4.78 is 1.92. The van der Waals surface area contributed by atoms with Crippen molar-refractivity contribution in [2.24, 2.45) is 24.6 Å². The lowest BCUT2D eigenvalue weighted by atomic mass is 9.68. The predicted molar refractivity (Wildman–Crippen MR) is 80.4 cm³/mol. The van der Waals surface area contributed by atoms with Gasteiger partial charge in [-0.15, -0.1) is 0 Å². The molecule has 1 aliphatic rings. The van der Waals surface area contributed by atoms with E-state index in [1.165, 1.54) is 12.8 Å². The molecule has 1 aromatic rings. The van der Waals surface area contributed by atoms with Crippen molar-refractivity contribution in [3.63, 3.8) is 0 Å². The van der Waals surface area contributed by atoms with Crippen LogP contribution >= 0.6 is 11.6 Å². The number of rotatable bonds is 3. The molecule has 3 unspecified atom stereocenters. The third-order valence-electron chi connectivity index (χ3n) is 4.80. The van der Waals surface area contributed by atoms with E-state index in [-0.39, 0.29) is 5.54 Å². The zero-order chi connectivity index (χ0) is 14.2. The van der Waals surface area contributed by atoms with Crippen molar-refractivity contribution in [3.8, 4) is 0 Å². The Labute approximate surface area is 121 Å². The number of nitrogens with zero attached hydrogens (tertiary/aromatic N) is 2. The molecule has 1 aromatic heterocycles. The molecule has 4 heteroatoms. The van der Waals surface area contributed by atoms with Crippen LogP contribution in [0, 0.1) is 11.8 Å². The summed E-state index contributed by atoms with van der Waals surface area (Å²) >= 11 is 6.46. The molecule has 2 N–H and O–H groups in total. The Morgan fingerprint density at radius 2 is 2.11 bits per heavy atom. The van der Waals surface area contributed by atoms with E-state index in [9.17, 15) is 0 Å². The summed E-state index contributed by atoms with van der Waals surface area (Å²) in [5.74, 6) is 1.25. The van der Waals surface area contributed by atoms with Crippen molar-refractivity contribution in [1.29, 1.82) is 0 Å². The highest BCUT2D eigenvalue weighted by atomic mass is 35.5. The second-order valence-corrected chi connectivity index (χ2v) is 6.76. The van der Waals surface area contributed by atoms with Crippen LogP contribution in [0.4, 0.5) is 0 Å². The predicted octanol–water partition coefficient (Wildman–Crippen LogP) is 3.33. The van der Waals surface area contributed by atoms with Gasteiger partial charge in [0.15, 0.2) is 0 Å². The first-order valence-electron chi connectivity index (χ1n) is 7.36. The number of aromatic nitrogens is 2. The number of aryl methyl sites for hydroxylation is 2. The van der Waals surface area contributed by atoms with E-state index in [0.717, 1.165) is 35.7 Å². The van der Waals surface area contributed by atoms with E-state index < -0.39 is 0 Å². The van der Waals surface area contributed by atoms with Gasteiger partial charge in [-0.3, -0.25) is 4.68 Å². The molecule has 0 saturated heterocycles. The highest BCUT2D eigenvalue weighted by Crippen LogP contribution is 2.38. The van der Waals surface area contributed by atoms with Gasteiger partial charge in [0.2, 0.25) is 0 Å². The van der Waals surface area contributed by atoms with Crippen LogP contribution in [0.5, 0.6) is 0 Å². The maximum absolute atomic E-state index is 6.71. The minimum atomic E-state index is -0.139. The smallest absolute Gasteiger partial charge is 0.0850 e. The van der Waals surface area contributed by atoms with Crippen LogP contribution in [0.15, 0.2) is 0 Å². The Morgan fingerprint density at radius 1 is 1.42 bits per heavy atom. The van der Waals surface area contributed by atoms with E-state index in [1.54, 1.807) is 0 Å². The summed E-state index contributed by atoms with van der Waals surface area (Å²) in [5.41, 5.74) is 8.66. The summed E-state index contributed by atoms with van der Waals surface area (Å²) in [7, 11) is 1.97. The molecule has 1 saturated carbocycles. The van der Waals surface area contributed by atoms with E-state index in [1.807, 2.05) is 11.7 Å². The standard InChI is InChI=1S/C15H26ClN3/c1-5-12-14(16)13(19(4)18-12)9-15(17)8-10(2)6-7-11(15)3/h10-11H,5-9,17H2,1-4H3. The lowest BCUT2D eigenvalue weighted by Gasteiger charge is -2.42. The third kappa shape index (κ3) is 2.82. The maximum Gasteiger partial charge on any atom is 0.0850 e. The molecule has 108 valence electrons. The Balaban J connectivity index is 2.26. The lowest BCUT2D eigenvalue weighted by Crippen LogP contribution is -2.52. The van der Waals surface area contributed by atoms with Crippen molar-refractivity contribution < 1.29 is 0 Å². The molecule has 1 fully saturated rings. The minimum Gasteiger partial charge on any atom is -0.324 e. The fraction of sp³-hybridized carbons (Fsp3) is 0.800. The lowest BCUT2D eigenvalue weighted by molar-refractivity contribution is 0.159. The molecular weight excluding hydrogens is 258 g/mol. The number of halogens is 1. The van der Waals surface area contributed by atoms with Gasteiger partial charge >= 0.3 is 0 Å². The van der Waals surface area contributed by atoms with Crippen molar-refractivity contribution in [1.82, 2.24) is 9.78 Å². The summed E-state index contributed by atoms with van der Waals surface area (Å²) in [4.78, 5) is 0. The Morgan fingerprint density at radius 3 is 2.68 bits per heavy atom. The van der Waals surface area contributed by atoms with Crippen LogP contribution in [0.3, 0.4) is 0 Å². The van der Waals surface area contributed by atoms with E-state index >= 15 is 0 Å². The first-order valence-corrected chi connectivity index (χ1v) is 7.74. The van der Waals surface area contributed by atoms with Gasteiger partial charge < -0.3 is 5.73 Å². The van der Waals surface area contributed by atoms with Crippen molar-refractivity contribution in [3.05, 3.63) is 16.4 Å². The second kappa shape index (κ2) is 5.45. The molecule has 0 spiro atoms. The Kier molecular flexibility index (Phi) is 4.26. The molecule has 19 heavy (non-hydrogen) atoms. The zero-order valence-electron chi connectivity index (χ0n) is 12.5. The molecule has 0 bridgehead atoms. The SMILES string of the molecule is CCc1nn(C)c(CC2(N)CC(C)CCC2C)c1Cl. The van der Waals surface area contributed by atoms with Gasteiger partial charge in [-0.25, -0.2) is 0 Å². The van der Waals surface area contributed by atoms with E-state index in [0.29, 0.717) is 11.8 Å². The highest BCUT2D eigenvalue weighted by molar-refractivity contribution is 6.31. The van der Waals surface area contributed by atoms with E-state index in [4.69, 9.17) is 17.3 Å². The minimum absolute atomic E-state index is 0.139. The monoisotopic (exact) mass is 283 g/mol. The summed E-state index contributed by atoms with van der Waals surface area (Å²) in [6.45, 7) is 6.66. The molecule has 0 amide bonds. The summed E-state index contributed by atoms with van der Waals surface area (Å²) in [6, 6.07) is 0. The summed E-state index contributed by atoms with van der Waals surface area (Å²) in [5, 5.41) is 5.32. The molecule has 3 nitrogen and oxygen atoms in total. The molecule has 0 aliphatic heterocycles. The molecule has 0 aromatic carbocycles. The van der Waals surface area contributed by atoms with Gasteiger partial charge in [-0.2, -0.15) is 5.10 Å². The topological polar surface area (TPSA) is 43.8 Å². The molecule has 3 atom stereocenters. The van der Waals surface area contributed by atoms with E-state index in [2.05, 4.69) is 25.9 Å². The van der Waals surface area contributed by atoms with Crippen LogP contribution in [0.1, 0.15) is 51.4 Å². The summed E-state index contributed by atoms with van der Waals surface area (Å²) in [6.07, 6.45) is 5.29. The molecule has 0 radical (unpaired) electrons. The third-order valence-corrected chi connectivity index (χ3v) is 5.24.